The minimum absolute atomic E-state index is 0.0622. The monoisotopic (exact) mass is 529 g/mol. The van der Waals surface area contributed by atoms with Crippen LogP contribution >= 0.6 is 23.4 Å². The van der Waals surface area contributed by atoms with Crippen LogP contribution in [0, 0.1) is 11.3 Å². The molecule has 8 heteroatoms. The molecule has 4 rings (SSSR count). The summed E-state index contributed by atoms with van der Waals surface area (Å²) in [5, 5.41) is 17.3. The van der Waals surface area contributed by atoms with Gasteiger partial charge in [-0.05, 0) is 30.7 Å². The maximum atomic E-state index is 13.7. The second kappa shape index (κ2) is 11.8. The summed E-state index contributed by atoms with van der Waals surface area (Å²) < 4.78 is 5.38. The Morgan fingerprint density at radius 2 is 1.73 bits per heavy atom. The van der Waals surface area contributed by atoms with Crippen molar-refractivity contribution in [3.8, 4) is 11.8 Å². The molecule has 0 saturated carbocycles. The Morgan fingerprint density at radius 1 is 1.05 bits per heavy atom. The van der Waals surface area contributed by atoms with Crippen LogP contribution in [0.4, 0.5) is 5.69 Å². The second-order valence-electron chi connectivity index (χ2n) is 8.21. The molecule has 0 spiro atoms. The molecule has 186 valence electrons. The summed E-state index contributed by atoms with van der Waals surface area (Å²) in [7, 11) is 1.53. The van der Waals surface area contributed by atoms with Gasteiger partial charge in [0, 0.05) is 21.9 Å². The number of allylic oxidation sites excluding steroid dienone is 2. The number of ketones is 1. The van der Waals surface area contributed by atoms with E-state index in [9.17, 15) is 14.9 Å². The molecule has 37 heavy (non-hydrogen) atoms. The molecule has 0 aliphatic carbocycles. The second-order valence-corrected chi connectivity index (χ2v) is 9.60. The highest BCUT2D eigenvalue weighted by atomic mass is 35.5. The number of amides is 1. The van der Waals surface area contributed by atoms with Gasteiger partial charge in [-0.2, -0.15) is 5.26 Å². The lowest BCUT2D eigenvalue weighted by Gasteiger charge is -2.30. The Balaban J connectivity index is 1.72. The fourth-order valence-electron chi connectivity index (χ4n) is 4.13. The highest BCUT2D eigenvalue weighted by Crippen LogP contribution is 2.43. The van der Waals surface area contributed by atoms with Gasteiger partial charge in [0.2, 0.25) is 0 Å². The highest BCUT2D eigenvalue weighted by Gasteiger charge is 2.36. The van der Waals surface area contributed by atoms with Gasteiger partial charge in [-0.15, -0.1) is 0 Å². The number of rotatable bonds is 8. The topological polar surface area (TPSA) is 91.2 Å². The van der Waals surface area contributed by atoms with Crippen molar-refractivity contribution in [2.75, 3.05) is 18.2 Å². The van der Waals surface area contributed by atoms with E-state index in [0.29, 0.717) is 49.5 Å². The summed E-state index contributed by atoms with van der Waals surface area (Å²) >= 11 is 7.81. The number of ether oxygens (including phenoxy) is 1. The van der Waals surface area contributed by atoms with Gasteiger partial charge in [-0.3, -0.25) is 9.59 Å². The number of hydrogen-bond donors (Lipinski definition) is 2. The van der Waals surface area contributed by atoms with Gasteiger partial charge >= 0.3 is 0 Å². The zero-order chi connectivity index (χ0) is 26.4. The molecular formula is C29H24ClN3O3S. The predicted molar refractivity (Wildman–Crippen MR) is 148 cm³/mol. The molecule has 0 saturated heterocycles. The number of hydrogen-bond acceptors (Lipinski definition) is 6. The molecule has 0 unspecified atom stereocenters. The van der Waals surface area contributed by atoms with Crippen molar-refractivity contribution in [2.24, 2.45) is 0 Å². The summed E-state index contributed by atoms with van der Waals surface area (Å²) in [5.41, 5.74) is 2.95. The summed E-state index contributed by atoms with van der Waals surface area (Å²) in [5.74, 6) is -0.546. The van der Waals surface area contributed by atoms with E-state index in [1.165, 1.54) is 18.9 Å². The number of carbonyl (C=O) groups is 2. The number of nitrogens with zero attached hydrogens (tertiary/aromatic N) is 1. The standard InChI is InChI=1S/C29H24ClN3O3S/c1-18-26(28(35)33-23-14-8-9-15-25(23)36-2)27(20-12-6-7-13-22(20)30)21(16-31)29(32-18)37-17-24(34)19-10-4-3-5-11-19/h3-15,27,32H,17H2,1-2H3,(H,33,35)/t27-/m0/s1. The van der Waals surface area contributed by atoms with E-state index in [-0.39, 0.29) is 11.5 Å². The first-order valence-electron chi connectivity index (χ1n) is 11.5. The van der Waals surface area contributed by atoms with Crippen LogP contribution in [0.5, 0.6) is 5.75 Å². The summed E-state index contributed by atoms with van der Waals surface area (Å²) in [6, 6.07) is 25.5. The van der Waals surface area contributed by atoms with Gasteiger partial charge in [-0.1, -0.05) is 84.0 Å². The molecule has 0 bridgehead atoms. The molecule has 3 aromatic rings. The molecule has 1 heterocycles. The number of nitriles is 1. The first-order valence-corrected chi connectivity index (χ1v) is 12.8. The normalized spacial score (nSPS) is 15.0. The fourth-order valence-corrected chi connectivity index (χ4v) is 5.36. The Morgan fingerprint density at radius 3 is 2.43 bits per heavy atom. The van der Waals surface area contributed by atoms with Gasteiger partial charge in [0.1, 0.15) is 5.75 Å². The van der Waals surface area contributed by atoms with E-state index in [1.54, 1.807) is 55.5 Å². The maximum Gasteiger partial charge on any atom is 0.254 e. The minimum atomic E-state index is -0.732. The first-order chi connectivity index (χ1) is 17.9. The molecule has 2 N–H and O–H groups in total. The van der Waals surface area contributed by atoms with E-state index in [0.717, 1.165) is 0 Å². The third kappa shape index (κ3) is 5.72. The average Bonchev–Trinajstić information content (AvgIpc) is 2.92. The summed E-state index contributed by atoms with van der Waals surface area (Å²) in [6.45, 7) is 1.77. The van der Waals surface area contributed by atoms with Gasteiger partial charge in [0.25, 0.3) is 5.91 Å². The highest BCUT2D eigenvalue weighted by molar-refractivity contribution is 8.03. The van der Waals surface area contributed by atoms with Gasteiger partial charge in [-0.25, -0.2) is 0 Å². The molecule has 6 nitrogen and oxygen atoms in total. The number of methoxy groups -OCH3 is 1. The largest absolute Gasteiger partial charge is 0.495 e. The van der Waals surface area contributed by atoms with Crippen molar-refractivity contribution in [3.63, 3.8) is 0 Å². The SMILES string of the molecule is COc1ccccc1NC(=O)C1=C(C)NC(SCC(=O)c2ccccc2)=C(C#N)[C@@H]1c1ccccc1Cl. The van der Waals surface area contributed by atoms with Crippen molar-refractivity contribution >= 4 is 40.7 Å². The predicted octanol–water partition coefficient (Wildman–Crippen LogP) is 6.30. The number of thioether (sulfide) groups is 1. The lowest BCUT2D eigenvalue weighted by atomic mass is 9.82. The van der Waals surface area contributed by atoms with E-state index in [2.05, 4.69) is 16.7 Å². The Bertz CT molecular complexity index is 1440. The van der Waals surface area contributed by atoms with Crippen LogP contribution < -0.4 is 15.4 Å². The summed E-state index contributed by atoms with van der Waals surface area (Å²) in [6.07, 6.45) is 0. The number of anilines is 1. The van der Waals surface area contributed by atoms with Crippen LogP contribution in [-0.4, -0.2) is 24.6 Å². The fraction of sp³-hybridized carbons (Fsp3) is 0.138. The third-order valence-corrected chi connectivity index (χ3v) is 7.27. The average molecular weight is 530 g/mol. The van der Waals surface area contributed by atoms with Crippen molar-refractivity contribution in [1.82, 2.24) is 5.32 Å². The van der Waals surface area contributed by atoms with Crippen LogP contribution in [0.2, 0.25) is 5.02 Å². The van der Waals surface area contributed by atoms with Gasteiger partial charge in [0.15, 0.2) is 5.78 Å². The molecular weight excluding hydrogens is 506 g/mol. The molecule has 3 aromatic carbocycles. The lowest BCUT2D eigenvalue weighted by molar-refractivity contribution is -0.113. The number of nitrogens with one attached hydrogen (secondary N) is 2. The lowest BCUT2D eigenvalue weighted by Crippen LogP contribution is -2.31. The number of halogens is 1. The van der Waals surface area contributed by atoms with Gasteiger partial charge in [0.05, 0.1) is 41.1 Å². The first kappa shape index (κ1) is 26.1. The van der Waals surface area contributed by atoms with Crippen molar-refractivity contribution in [1.29, 1.82) is 5.26 Å². The van der Waals surface area contributed by atoms with Crippen LogP contribution in [0.3, 0.4) is 0 Å². The van der Waals surface area contributed by atoms with Crippen LogP contribution in [0.25, 0.3) is 0 Å². The Hall–Kier alpha value is -3.99. The van der Waals surface area contributed by atoms with Crippen LogP contribution in [0.1, 0.15) is 28.8 Å². The van der Waals surface area contributed by atoms with E-state index in [4.69, 9.17) is 16.3 Å². The number of para-hydroxylation sites is 2. The van der Waals surface area contributed by atoms with Crippen LogP contribution in [-0.2, 0) is 4.79 Å². The molecule has 1 aliphatic rings. The molecule has 1 atom stereocenters. The number of carbonyl (C=O) groups excluding carboxylic acids is 2. The zero-order valence-corrected chi connectivity index (χ0v) is 21.8. The van der Waals surface area contributed by atoms with E-state index < -0.39 is 11.8 Å². The number of Topliss-reactive ketones (excluding diaryl/α,β-unsaturated/α-hetero) is 1. The van der Waals surface area contributed by atoms with Crippen molar-refractivity contribution in [2.45, 2.75) is 12.8 Å². The van der Waals surface area contributed by atoms with E-state index in [1.807, 2.05) is 30.3 Å². The smallest absolute Gasteiger partial charge is 0.254 e. The van der Waals surface area contributed by atoms with Crippen LogP contribution in [0.15, 0.2) is 101 Å². The molecule has 1 amide bonds. The minimum Gasteiger partial charge on any atom is -0.495 e. The third-order valence-electron chi connectivity index (χ3n) is 5.91. The number of dihydropyridines is 1. The molecule has 0 aromatic heterocycles. The zero-order valence-electron chi connectivity index (χ0n) is 20.2. The van der Waals surface area contributed by atoms with Crippen molar-refractivity contribution in [3.05, 3.63) is 117 Å². The molecule has 0 fully saturated rings. The molecule has 0 radical (unpaired) electrons. The molecule has 1 aliphatic heterocycles. The van der Waals surface area contributed by atoms with Crippen molar-refractivity contribution < 1.29 is 14.3 Å². The van der Waals surface area contributed by atoms with E-state index >= 15 is 0 Å². The quantitative estimate of drug-likeness (QED) is 0.333. The Labute approximate surface area is 225 Å². The van der Waals surface area contributed by atoms with Gasteiger partial charge < -0.3 is 15.4 Å². The maximum absolute atomic E-state index is 13.7. The summed E-state index contributed by atoms with van der Waals surface area (Å²) in [4.78, 5) is 26.4. The Kier molecular flexibility index (Phi) is 8.34. The number of benzene rings is 3.